The molecular weight excluding hydrogens is 258 g/mol. The lowest BCUT2D eigenvalue weighted by molar-refractivity contribution is 0.123. The predicted molar refractivity (Wildman–Crippen MR) is 89.9 cm³/mol. The van der Waals surface area contributed by atoms with Gasteiger partial charge in [0.15, 0.2) is 0 Å². The normalized spacial score (nSPS) is 27.5. The summed E-state index contributed by atoms with van der Waals surface area (Å²) >= 11 is 0. The Bertz CT molecular complexity index is 406. The van der Waals surface area contributed by atoms with Crippen LogP contribution in [0.4, 0.5) is 5.69 Å². The molecule has 1 saturated carbocycles. The van der Waals surface area contributed by atoms with Crippen molar-refractivity contribution >= 4 is 5.69 Å². The summed E-state index contributed by atoms with van der Waals surface area (Å²) in [5, 5.41) is 3.46. The molecule has 0 atom stereocenters. The minimum Gasteiger partial charge on any atom is -0.374 e. The number of benzene rings is 1. The van der Waals surface area contributed by atoms with E-state index >= 15 is 0 Å². The average molecular weight is 287 g/mol. The number of nitrogens with zero attached hydrogens (tertiary/aromatic N) is 2. The number of anilines is 1. The van der Waals surface area contributed by atoms with Gasteiger partial charge in [-0.15, -0.1) is 0 Å². The van der Waals surface area contributed by atoms with Crippen molar-refractivity contribution in [3.05, 3.63) is 30.3 Å². The van der Waals surface area contributed by atoms with Crippen LogP contribution in [0.15, 0.2) is 30.3 Å². The third-order valence-electron chi connectivity index (χ3n) is 5.21. The molecule has 2 aliphatic rings. The highest BCUT2D eigenvalue weighted by Crippen LogP contribution is 2.29. The van der Waals surface area contributed by atoms with Crippen molar-refractivity contribution in [2.45, 2.75) is 31.7 Å². The molecule has 1 aromatic carbocycles. The van der Waals surface area contributed by atoms with Gasteiger partial charge in [0.25, 0.3) is 0 Å². The molecule has 0 bridgehead atoms. The molecule has 1 heterocycles. The molecule has 0 spiro atoms. The van der Waals surface area contributed by atoms with Crippen molar-refractivity contribution < 1.29 is 0 Å². The van der Waals surface area contributed by atoms with Crippen LogP contribution in [0.3, 0.4) is 0 Å². The van der Waals surface area contributed by atoms with Gasteiger partial charge in [-0.1, -0.05) is 18.2 Å². The first-order chi connectivity index (χ1) is 10.3. The monoisotopic (exact) mass is 287 g/mol. The molecule has 1 saturated heterocycles. The van der Waals surface area contributed by atoms with Crippen LogP contribution in [0.2, 0.25) is 0 Å². The molecule has 1 aliphatic carbocycles. The Morgan fingerprint density at radius 2 is 1.71 bits per heavy atom. The van der Waals surface area contributed by atoms with E-state index in [0.717, 1.165) is 12.0 Å². The second kappa shape index (κ2) is 7.28. The topological polar surface area (TPSA) is 18.5 Å². The van der Waals surface area contributed by atoms with E-state index in [4.69, 9.17) is 0 Å². The van der Waals surface area contributed by atoms with Gasteiger partial charge in [0, 0.05) is 51.5 Å². The van der Waals surface area contributed by atoms with Crippen molar-refractivity contribution in [3.8, 4) is 0 Å². The van der Waals surface area contributed by atoms with Gasteiger partial charge in [-0.3, -0.25) is 4.90 Å². The maximum absolute atomic E-state index is 3.46. The van der Waals surface area contributed by atoms with Crippen LogP contribution in [0.25, 0.3) is 0 Å². The molecule has 116 valence electrons. The Morgan fingerprint density at radius 3 is 2.38 bits per heavy atom. The lowest BCUT2D eigenvalue weighted by Crippen LogP contribution is -2.49. The summed E-state index contributed by atoms with van der Waals surface area (Å²) in [5.74, 6) is 0.870. The molecule has 0 radical (unpaired) electrons. The van der Waals surface area contributed by atoms with Gasteiger partial charge in [-0.25, -0.2) is 0 Å². The van der Waals surface area contributed by atoms with Crippen molar-refractivity contribution in [2.75, 3.05) is 44.7 Å². The molecule has 3 nitrogen and oxygen atoms in total. The minimum absolute atomic E-state index is 0.852. The lowest BCUT2D eigenvalue weighted by Gasteiger charge is -2.40. The first kappa shape index (κ1) is 14.9. The number of hydrogen-bond acceptors (Lipinski definition) is 3. The van der Waals surface area contributed by atoms with Crippen LogP contribution in [0, 0.1) is 5.92 Å². The lowest BCUT2D eigenvalue weighted by atomic mass is 9.84. The van der Waals surface area contributed by atoms with E-state index in [1.807, 2.05) is 0 Å². The summed E-state index contributed by atoms with van der Waals surface area (Å²) in [6.45, 7) is 6.06. The molecular formula is C18H29N3. The van der Waals surface area contributed by atoms with Gasteiger partial charge >= 0.3 is 0 Å². The summed E-state index contributed by atoms with van der Waals surface area (Å²) in [7, 11) is 2.23. The molecule has 0 amide bonds. The number of para-hydroxylation sites is 1. The number of nitrogens with one attached hydrogen (secondary N) is 1. The van der Waals surface area contributed by atoms with Crippen molar-refractivity contribution in [2.24, 2.45) is 5.92 Å². The molecule has 3 heteroatoms. The molecule has 1 aromatic rings. The Labute approximate surface area is 129 Å². The van der Waals surface area contributed by atoms with Crippen molar-refractivity contribution in [1.82, 2.24) is 10.2 Å². The number of hydrogen-bond donors (Lipinski definition) is 1. The Kier molecular flexibility index (Phi) is 5.15. The standard InChI is InChI=1S/C18H29N3/c1-20(17-5-3-2-4-6-17)15-16-7-9-18(10-8-16)21-13-11-19-12-14-21/h2-6,16,18-19H,7-15H2,1H3. The summed E-state index contributed by atoms with van der Waals surface area (Å²) < 4.78 is 0. The quantitative estimate of drug-likeness (QED) is 0.918. The van der Waals surface area contributed by atoms with Crippen LogP contribution >= 0.6 is 0 Å². The zero-order valence-corrected chi connectivity index (χ0v) is 13.3. The van der Waals surface area contributed by atoms with E-state index in [9.17, 15) is 0 Å². The Morgan fingerprint density at radius 1 is 1.05 bits per heavy atom. The van der Waals surface area contributed by atoms with Gasteiger partial charge in [0.2, 0.25) is 0 Å². The predicted octanol–water partition coefficient (Wildman–Crippen LogP) is 2.59. The van der Waals surface area contributed by atoms with Crippen molar-refractivity contribution in [1.29, 1.82) is 0 Å². The molecule has 1 N–H and O–H groups in total. The zero-order valence-electron chi connectivity index (χ0n) is 13.3. The second-order valence-corrected chi connectivity index (χ2v) is 6.68. The van der Waals surface area contributed by atoms with Gasteiger partial charge in [-0.05, 0) is 43.7 Å². The summed E-state index contributed by atoms with van der Waals surface area (Å²) in [4.78, 5) is 5.14. The van der Waals surface area contributed by atoms with Crippen LogP contribution in [0.1, 0.15) is 25.7 Å². The number of rotatable bonds is 4. The van der Waals surface area contributed by atoms with Crippen LogP contribution in [-0.4, -0.2) is 50.7 Å². The first-order valence-electron chi connectivity index (χ1n) is 8.54. The fraction of sp³-hybridized carbons (Fsp3) is 0.667. The average Bonchev–Trinajstić information content (AvgIpc) is 2.57. The van der Waals surface area contributed by atoms with Crippen LogP contribution in [0.5, 0.6) is 0 Å². The molecule has 3 rings (SSSR count). The fourth-order valence-corrected chi connectivity index (χ4v) is 3.92. The third-order valence-corrected chi connectivity index (χ3v) is 5.21. The van der Waals surface area contributed by atoms with Gasteiger partial charge in [-0.2, -0.15) is 0 Å². The van der Waals surface area contributed by atoms with E-state index in [0.29, 0.717) is 0 Å². The molecule has 0 aromatic heterocycles. The molecule has 2 fully saturated rings. The smallest absolute Gasteiger partial charge is 0.0363 e. The first-order valence-corrected chi connectivity index (χ1v) is 8.54. The largest absolute Gasteiger partial charge is 0.374 e. The number of piperazine rings is 1. The fourth-order valence-electron chi connectivity index (χ4n) is 3.92. The highest BCUT2D eigenvalue weighted by molar-refractivity contribution is 5.44. The van der Waals surface area contributed by atoms with E-state index in [2.05, 4.69) is 52.5 Å². The Hall–Kier alpha value is -1.06. The summed E-state index contributed by atoms with van der Waals surface area (Å²) in [5.41, 5.74) is 1.35. The van der Waals surface area contributed by atoms with E-state index in [-0.39, 0.29) is 0 Å². The van der Waals surface area contributed by atoms with Crippen molar-refractivity contribution in [3.63, 3.8) is 0 Å². The van der Waals surface area contributed by atoms with E-state index in [1.165, 1.54) is 64.1 Å². The minimum atomic E-state index is 0.852. The molecule has 21 heavy (non-hydrogen) atoms. The SMILES string of the molecule is CN(CC1CCC(N2CCNCC2)CC1)c1ccccc1. The van der Waals surface area contributed by atoms with E-state index < -0.39 is 0 Å². The Balaban J connectivity index is 1.45. The highest BCUT2D eigenvalue weighted by Gasteiger charge is 2.27. The zero-order chi connectivity index (χ0) is 14.5. The summed E-state index contributed by atoms with van der Waals surface area (Å²) in [6, 6.07) is 11.6. The van der Waals surface area contributed by atoms with Gasteiger partial charge < -0.3 is 10.2 Å². The second-order valence-electron chi connectivity index (χ2n) is 6.68. The highest BCUT2D eigenvalue weighted by atomic mass is 15.2. The molecule has 0 unspecified atom stereocenters. The maximum atomic E-state index is 3.46. The van der Waals surface area contributed by atoms with Gasteiger partial charge in [0.1, 0.15) is 0 Å². The van der Waals surface area contributed by atoms with Crippen LogP contribution in [-0.2, 0) is 0 Å². The third kappa shape index (κ3) is 3.98. The molecule has 1 aliphatic heterocycles. The van der Waals surface area contributed by atoms with Crippen LogP contribution < -0.4 is 10.2 Å². The summed E-state index contributed by atoms with van der Waals surface area (Å²) in [6.07, 6.45) is 5.58. The van der Waals surface area contributed by atoms with Gasteiger partial charge in [0.05, 0.1) is 0 Å². The van der Waals surface area contributed by atoms with E-state index in [1.54, 1.807) is 0 Å². The maximum Gasteiger partial charge on any atom is 0.0363 e.